The predicted molar refractivity (Wildman–Crippen MR) is 50.4 cm³/mol. The van der Waals surface area contributed by atoms with Crippen molar-refractivity contribution in [3.05, 3.63) is 29.5 Å². The van der Waals surface area contributed by atoms with Crippen molar-refractivity contribution in [3.63, 3.8) is 0 Å². The summed E-state index contributed by atoms with van der Waals surface area (Å²) in [6, 6.07) is 0. The summed E-state index contributed by atoms with van der Waals surface area (Å²) >= 11 is 0. The van der Waals surface area contributed by atoms with Gasteiger partial charge in [-0.25, -0.2) is 4.98 Å². The first-order valence-corrected chi connectivity index (χ1v) is 4.22. The average Bonchev–Trinajstić information content (AvgIpc) is 2.43. The van der Waals surface area contributed by atoms with Gasteiger partial charge >= 0.3 is 0 Å². The fraction of sp³-hybridized carbons (Fsp3) is 0.333. The Morgan fingerprint density at radius 3 is 2.46 bits per heavy atom. The van der Waals surface area contributed by atoms with Crippen LogP contribution in [0.3, 0.4) is 0 Å². The highest BCUT2D eigenvalue weighted by molar-refractivity contribution is 5.45. The highest BCUT2D eigenvalue weighted by Crippen LogP contribution is 2.09. The van der Waals surface area contributed by atoms with Gasteiger partial charge in [-0.15, -0.1) is 0 Å². The zero-order valence-electron chi connectivity index (χ0n) is 7.78. The largest absolute Gasteiger partial charge is 0.325 e. The van der Waals surface area contributed by atoms with Crippen LogP contribution in [0.25, 0.3) is 5.65 Å². The molecule has 0 radical (unpaired) electrons. The Morgan fingerprint density at radius 1 is 1.23 bits per heavy atom. The number of aryl methyl sites for hydroxylation is 2. The normalized spacial score (nSPS) is 11.0. The van der Waals surface area contributed by atoms with E-state index in [4.69, 9.17) is 5.73 Å². The standard InChI is InChI=1S/C9H12N4/c1-6-4-13-5-7(2)12-9(13)8(3-10)11-6/h4-5H,3,10H2,1-2H3. The van der Waals surface area contributed by atoms with E-state index in [2.05, 4.69) is 9.97 Å². The topological polar surface area (TPSA) is 56.2 Å². The van der Waals surface area contributed by atoms with Crippen molar-refractivity contribution < 1.29 is 0 Å². The molecule has 2 N–H and O–H groups in total. The minimum atomic E-state index is 0.432. The molecule has 0 aliphatic carbocycles. The third-order valence-corrected chi connectivity index (χ3v) is 1.94. The number of aromatic nitrogens is 3. The maximum atomic E-state index is 5.58. The molecule has 2 aromatic heterocycles. The molecule has 0 aliphatic rings. The second kappa shape index (κ2) is 2.81. The molecule has 4 nitrogen and oxygen atoms in total. The number of imidazole rings is 1. The van der Waals surface area contributed by atoms with Crippen molar-refractivity contribution >= 4 is 5.65 Å². The molecular weight excluding hydrogens is 164 g/mol. The highest BCUT2D eigenvalue weighted by atomic mass is 15.0. The van der Waals surface area contributed by atoms with Crippen LogP contribution >= 0.6 is 0 Å². The summed E-state index contributed by atoms with van der Waals surface area (Å²) in [5, 5.41) is 0. The Kier molecular flexibility index (Phi) is 1.77. The average molecular weight is 176 g/mol. The predicted octanol–water partition coefficient (Wildman–Crippen LogP) is 0.805. The van der Waals surface area contributed by atoms with Crippen molar-refractivity contribution in [2.45, 2.75) is 20.4 Å². The molecule has 0 atom stereocenters. The van der Waals surface area contributed by atoms with Crippen LogP contribution in [0, 0.1) is 13.8 Å². The molecule has 68 valence electrons. The summed E-state index contributed by atoms with van der Waals surface area (Å²) in [5.41, 5.74) is 9.25. The monoisotopic (exact) mass is 176 g/mol. The molecule has 0 amide bonds. The van der Waals surface area contributed by atoms with Crippen molar-refractivity contribution in [2.75, 3.05) is 0 Å². The lowest BCUT2D eigenvalue weighted by Crippen LogP contribution is -2.04. The van der Waals surface area contributed by atoms with Gasteiger partial charge in [0.15, 0.2) is 5.65 Å². The molecule has 2 rings (SSSR count). The Balaban J connectivity index is 2.80. The molecule has 0 unspecified atom stereocenters. The van der Waals surface area contributed by atoms with Crippen molar-refractivity contribution in [3.8, 4) is 0 Å². The van der Waals surface area contributed by atoms with Gasteiger partial charge in [-0.3, -0.25) is 4.98 Å². The van der Waals surface area contributed by atoms with Gasteiger partial charge in [0, 0.05) is 18.9 Å². The van der Waals surface area contributed by atoms with Gasteiger partial charge in [0.2, 0.25) is 0 Å². The summed E-state index contributed by atoms with van der Waals surface area (Å²) in [7, 11) is 0. The molecule has 0 saturated heterocycles. The molecule has 13 heavy (non-hydrogen) atoms. The molecule has 2 heterocycles. The van der Waals surface area contributed by atoms with E-state index in [0.29, 0.717) is 6.54 Å². The third-order valence-electron chi connectivity index (χ3n) is 1.94. The maximum absolute atomic E-state index is 5.58. The molecule has 0 saturated carbocycles. The minimum Gasteiger partial charge on any atom is -0.325 e. The number of nitrogens with two attached hydrogens (primary N) is 1. The van der Waals surface area contributed by atoms with Crippen LogP contribution in [-0.2, 0) is 6.54 Å². The van der Waals surface area contributed by atoms with Crippen LogP contribution in [0.2, 0.25) is 0 Å². The lowest BCUT2D eigenvalue weighted by Gasteiger charge is -2.00. The number of hydrogen-bond acceptors (Lipinski definition) is 3. The van der Waals surface area contributed by atoms with E-state index in [9.17, 15) is 0 Å². The van der Waals surface area contributed by atoms with E-state index in [-0.39, 0.29) is 0 Å². The zero-order chi connectivity index (χ0) is 9.42. The van der Waals surface area contributed by atoms with E-state index in [1.807, 2.05) is 30.6 Å². The molecular formula is C9H12N4. The minimum absolute atomic E-state index is 0.432. The molecule has 4 heteroatoms. The Hall–Kier alpha value is -1.42. The van der Waals surface area contributed by atoms with Crippen molar-refractivity contribution in [1.82, 2.24) is 14.4 Å². The highest BCUT2D eigenvalue weighted by Gasteiger charge is 2.04. The van der Waals surface area contributed by atoms with Gasteiger partial charge < -0.3 is 10.1 Å². The Morgan fingerprint density at radius 2 is 1.85 bits per heavy atom. The van der Waals surface area contributed by atoms with Gasteiger partial charge in [0.05, 0.1) is 17.1 Å². The smallest absolute Gasteiger partial charge is 0.160 e. The Bertz CT molecular complexity index is 444. The van der Waals surface area contributed by atoms with Crippen molar-refractivity contribution in [2.24, 2.45) is 5.73 Å². The van der Waals surface area contributed by atoms with E-state index in [1.54, 1.807) is 0 Å². The quantitative estimate of drug-likeness (QED) is 0.699. The van der Waals surface area contributed by atoms with Crippen molar-refractivity contribution in [1.29, 1.82) is 0 Å². The second-order valence-corrected chi connectivity index (χ2v) is 3.15. The van der Waals surface area contributed by atoms with E-state index in [0.717, 1.165) is 22.7 Å². The van der Waals surface area contributed by atoms with E-state index < -0.39 is 0 Å². The SMILES string of the molecule is Cc1cn2cc(C)nc2c(CN)n1. The summed E-state index contributed by atoms with van der Waals surface area (Å²) in [6.07, 6.45) is 3.93. The van der Waals surface area contributed by atoms with Gasteiger partial charge in [-0.05, 0) is 13.8 Å². The van der Waals surface area contributed by atoms with Crippen LogP contribution in [0.4, 0.5) is 0 Å². The number of nitrogens with zero attached hydrogens (tertiary/aromatic N) is 3. The molecule has 0 fully saturated rings. The van der Waals surface area contributed by atoms with Crippen LogP contribution in [0.15, 0.2) is 12.4 Å². The molecule has 0 bridgehead atoms. The molecule has 0 spiro atoms. The number of rotatable bonds is 1. The first-order chi connectivity index (χ1) is 6.20. The summed E-state index contributed by atoms with van der Waals surface area (Å²) in [5.74, 6) is 0. The van der Waals surface area contributed by atoms with Crippen LogP contribution in [0.1, 0.15) is 17.1 Å². The van der Waals surface area contributed by atoms with Gasteiger partial charge in [0.25, 0.3) is 0 Å². The summed E-state index contributed by atoms with van der Waals surface area (Å²) in [4.78, 5) is 8.67. The second-order valence-electron chi connectivity index (χ2n) is 3.15. The van der Waals surface area contributed by atoms with Gasteiger partial charge in [-0.2, -0.15) is 0 Å². The van der Waals surface area contributed by atoms with E-state index in [1.165, 1.54) is 0 Å². The third kappa shape index (κ3) is 1.29. The number of hydrogen-bond donors (Lipinski definition) is 1. The summed E-state index contributed by atoms with van der Waals surface area (Å²) < 4.78 is 1.97. The fourth-order valence-corrected chi connectivity index (χ4v) is 1.46. The Labute approximate surface area is 76.4 Å². The molecule has 0 aliphatic heterocycles. The van der Waals surface area contributed by atoms with E-state index >= 15 is 0 Å². The molecule has 0 aromatic carbocycles. The fourth-order valence-electron chi connectivity index (χ4n) is 1.46. The number of fused-ring (bicyclic) bond motifs is 1. The zero-order valence-corrected chi connectivity index (χ0v) is 7.78. The van der Waals surface area contributed by atoms with Crippen LogP contribution in [-0.4, -0.2) is 14.4 Å². The molecule has 2 aromatic rings. The first-order valence-electron chi connectivity index (χ1n) is 4.22. The maximum Gasteiger partial charge on any atom is 0.160 e. The van der Waals surface area contributed by atoms with Crippen LogP contribution < -0.4 is 5.73 Å². The summed E-state index contributed by atoms with van der Waals surface area (Å²) in [6.45, 7) is 4.35. The van der Waals surface area contributed by atoms with Crippen LogP contribution in [0.5, 0.6) is 0 Å². The lowest BCUT2D eigenvalue weighted by atomic mass is 10.4. The lowest BCUT2D eigenvalue weighted by molar-refractivity contribution is 0.936. The van der Waals surface area contributed by atoms with Gasteiger partial charge in [0.1, 0.15) is 0 Å². The first kappa shape index (κ1) is 8.19. The van der Waals surface area contributed by atoms with Gasteiger partial charge in [-0.1, -0.05) is 0 Å².